The van der Waals surface area contributed by atoms with Gasteiger partial charge in [-0.05, 0) is 31.6 Å². The molecule has 0 amide bonds. The Morgan fingerprint density at radius 2 is 1.46 bits per heavy atom. The second kappa shape index (κ2) is 7.47. The van der Waals surface area contributed by atoms with E-state index in [0.717, 1.165) is 30.3 Å². The Morgan fingerprint density at radius 3 is 2.04 bits per heavy atom. The van der Waals surface area contributed by atoms with Crippen molar-refractivity contribution in [3.8, 4) is 16.9 Å². The van der Waals surface area contributed by atoms with Crippen molar-refractivity contribution in [2.45, 2.75) is 20.3 Å². The van der Waals surface area contributed by atoms with E-state index in [1.165, 1.54) is 6.92 Å². The summed E-state index contributed by atoms with van der Waals surface area (Å²) in [6, 6.07) is 4.42. The quantitative estimate of drug-likeness (QED) is 0.603. The van der Waals surface area contributed by atoms with Crippen LogP contribution in [0.5, 0.6) is 5.75 Å². The Kier molecular flexibility index (Phi) is 5.59. The molecule has 0 unspecified atom stereocenters. The maximum atomic E-state index is 14.2. The summed E-state index contributed by atoms with van der Waals surface area (Å²) in [5.74, 6) is -6.28. The van der Waals surface area contributed by atoms with Crippen LogP contribution in [0.1, 0.15) is 25.8 Å². The van der Waals surface area contributed by atoms with Crippen molar-refractivity contribution in [1.29, 1.82) is 0 Å². The summed E-state index contributed by atoms with van der Waals surface area (Å²) in [7, 11) is 0. The van der Waals surface area contributed by atoms with Gasteiger partial charge in [0.05, 0.1) is 6.61 Å². The highest BCUT2D eigenvalue weighted by Gasteiger charge is 2.20. The fraction of sp³-hybridized carbons (Fsp3) is 0.222. The summed E-state index contributed by atoms with van der Waals surface area (Å²) in [5, 5.41) is 0. The number of ether oxygens (including phenoxy) is 1. The largest absolute Gasteiger partial charge is 0.491 e. The predicted molar refractivity (Wildman–Crippen MR) is 82.3 cm³/mol. The van der Waals surface area contributed by atoms with E-state index >= 15 is 0 Å². The van der Waals surface area contributed by atoms with E-state index in [0.29, 0.717) is 0 Å². The monoisotopic (exact) mass is 342 g/mol. The summed E-state index contributed by atoms with van der Waals surface area (Å²) in [6.45, 7) is 3.25. The molecule has 0 aliphatic carbocycles. The molecule has 6 heteroatoms. The van der Waals surface area contributed by atoms with E-state index in [2.05, 4.69) is 0 Å². The van der Waals surface area contributed by atoms with Gasteiger partial charge in [0, 0.05) is 16.7 Å². The van der Waals surface area contributed by atoms with Gasteiger partial charge < -0.3 is 4.74 Å². The number of hydrogen-bond acceptors (Lipinski definition) is 1. The number of benzene rings is 2. The molecule has 1 nitrogen and oxygen atoms in total. The van der Waals surface area contributed by atoms with Gasteiger partial charge in [0.25, 0.3) is 0 Å². The van der Waals surface area contributed by atoms with Crippen molar-refractivity contribution in [3.63, 3.8) is 0 Å². The van der Waals surface area contributed by atoms with Crippen molar-refractivity contribution < 1.29 is 26.7 Å². The fourth-order valence-electron chi connectivity index (χ4n) is 2.16. The summed E-state index contributed by atoms with van der Waals surface area (Å²) in [4.78, 5) is 0. The van der Waals surface area contributed by atoms with Crippen LogP contribution in [0.15, 0.2) is 30.1 Å². The topological polar surface area (TPSA) is 9.23 Å². The second-order valence-electron chi connectivity index (χ2n) is 4.95. The molecule has 0 aliphatic heterocycles. The van der Waals surface area contributed by atoms with E-state index in [-0.39, 0.29) is 24.3 Å². The van der Waals surface area contributed by atoms with E-state index in [4.69, 9.17) is 4.74 Å². The second-order valence-corrected chi connectivity index (χ2v) is 4.95. The molecule has 24 heavy (non-hydrogen) atoms. The van der Waals surface area contributed by atoms with Gasteiger partial charge in [-0.25, -0.2) is 17.6 Å². The first-order valence-electron chi connectivity index (χ1n) is 7.35. The zero-order valence-electron chi connectivity index (χ0n) is 13.1. The molecule has 0 spiro atoms. The Bertz CT molecular complexity index is 783. The van der Waals surface area contributed by atoms with E-state index in [9.17, 15) is 22.0 Å². The van der Waals surface area contributed by atoms with Crippen LogP contribution >= 0.6 is 0 Å². The molecular formula is C18H15F5O. The predicted octanol–water partition coefficient (Wildman–Crippen LogP) is 6.03. The third kappa shape index (κ3) is 3.42. The number of rotatable bonds is 5. The summed E-state index contributed by atoms with van der Waals surface area (Å²) in [6.07, 6.45) is 0.888. The Labute approximate surface area is 136 Å². The lowest BCUT2D eigenvalue weighted by Gasteiger charge is -2.11. The lowest BCUT2D eigenvalue weighted by Crippen LogP contribution is -2.00. The molecule has 0 aliphatic rings. The summed E-state index contributed by atoms with van der Waals surface area (Å²) in [5.41, 5.74) is -1.21. The number of allylic oxidation sites excluding steroid dienone is 1. The van der Waals surface area contributed by atoms with E-state index in [1.54, 1.807) is 6.92 Å². The van der Waals surface area contributed by atoms with Crippen molar-refractivity contribution in [2.75, 3.05) is 6.61 Å². The number of halogens is 5. The molecule has 0 radical (unpaired) electrons. The third-order valence-electron chi connectivity index (χ3n) is 3.40. The van der Waals surface area contributed by atoms with Crippen LogP contribution in [0.25, 0.3) is 17.2 Å². The van der Waals surface area contributed by atoms with Crippen LogP contribution in [-0.2, 0) is 0 Å². The molecule has 2 aromatic rings. The van der Waals surface area contributed by atoms with Crippen LogP contribution in [0.3, 0.4) is 0 Å². The molecule has 0 saturated carbocycles. The Balaban J connectivity index is 2.55. The minimum absolute atomic E-state index is 0.0293. The fourth-order valence-corrected chi connectivity index (χ4v) is 2.16. The van der Waals surface area contributed by atoms with Crippen molar-refractivity contribution in [1.82, 2.24) is 0 Å². The standard InChI is InChI=1S/C18H15F5O/c1-3-11(19)9-10-5-6-12(16(21)15(10)20)13-7-8-14(24-4-2)18(23)17(13)22/h5-9H,3-4H2,1-2H3. The van der Waals surface area contributed by atoms with Gasteiger partial charge in [-0.2, -0.15) is 4.39 Å². The van der Waals surface area contributed by atoms with Crippen LogP contribution in [-0.4, -0.2) is 6.61 Å². The average Bonchev–Trinajstić information content (AvgIpc) is 2.57. The van der Waals surface area contributed by atoms with Crippen LogP contribution < -0.4 is 4.74 Å². The zero-order valence-corrected chi connectivity index (χ0v) is 13.1. The molecule has 0 N–H and O–H groups in total. The minimum atomic E-state index is -1.38. The average molecular weight is 342 g/mol. The molecule has 0 heterocycles. The molecular weight excluding hydrogens is 327 g/mol. The number of hydrogen-bond donors (Lipinski definition) is 0. The Hall–Kier alpha value is -2.37. The molecule has 0 aromatic heterocycles. The van der Waals surface area contributed by atoms with Gasteiger partial charge in [0.1, 0.15) is 5.83 Å². The van der Waals surface area contributed by atoms with E-state index in [1.807, 2.05) is 0 Å². The first kappa shape index (κ1) is 18.0. The van der Waals surface area contributed by atoms with Gasteiger partial charge in [0.2, 0.25) is 5.82 Å². The highest BCUT2D eigenvalue weighted by Crippen LogP contribution is 2.33. The third-order valence-corrected chi connectivity index (χ3v) is 3.40. The van der Waals surface area contributed by atoms with Gasteiger partial charge in [-0.3, -0.25) is 0 Å². The molecule has 0 fully saturated rings. The van der Waals surface area contributed by atoms with Crippen LogP contribution in [0, 0.1) is 23.3 Å². The van der Waals surface area contributed by atoms with Crippen molar-refractivity contribution in [2.24, 2.45) is 0 Å². The van der Waals surface area contributed by atoms with Crippen molar-refractivity contribution in [3.05, 3.63) is 58.9 Å². The maximum absolute atomic E-state index is 14.2. The molecule has 2 aromatic carbocycles. The highest BCUT2D eigenvalue weighted by atomic mass is 19.2. The summed E-state index contributed by atoms with van der Waals surface area (Å²) < 4.78 is 74.4. The normalized spacial score (nSPS) is 11.7. The lowest BCUT2D eigenvalue weighted by molar-refractivity contribution is 0.314. The van der Waals surface area contributed by atoms with Gasteiger partial charge >= 0.3 is 0 Å². The molecule has 0 saturated heterocycles. The molecule has 2 rings (SSSR count). The molecule has 128 valence electrons. The smallest absolute Gasteiger partial charge is 0.201 e. The van der Waals surface area contributed by atoms with Gasteiger partial charge in [0.15, 0.2) is 23.2 Å². The van der Waals surface area contributed by atoms with Crippen LogP contribution in [0.4, 0.5) is 22.0 Å². The van der Waals surface area contributed by atoms with Gasteiger partial charge in [-0.15, -0.1) is 0 Å². The SMILES string of the molecule is CCOc1ccc(-c2ccc(C=C(F)CC)c(F)c2F)c(F)c1F. The minimum Gasteiger partial charge on any atom is -0.491 e. The summed E-state index contributed by atoms with van der Waals surface area (Å²) >= 11 is 0. The van der Waals surface area contributed by atoms with E-state index < -0.39 is 40.2 Å². The Morgan fingerprint density at radius 1 is 0.875 bits per heavy atom. The zero-order chi connectivity index (χ0) is 17.9. The van der Waals surface area contributed by atoms with Gasteiger partial charge in [-0.1, -0.05) is 19.1 Å². The first-order valence-corrected chi connectivity index (χ1v) is 7.35. The first-order chi connectivity index (χ1) is 11.4. The van der Waals surface area contributed by atoms with Crippen LogP contribution in [0.2, 0.25) is 0 Å². The van der Waals surface area contributed by atoms with Crippen molar-refractivity contribution >= 4 is 6.08 Å². The molecule has 0 atom stereocenters. The maximum Gasteiger partial charge on any atom is 0.201 e. The molecule has 0 bridgehead atoms. The lowest BCUT2D eigenvalue weighted by atomic mass is 10.0. The highest BCUT2D eigenvalue weighted by molar-refractivity contribution is 5.68.